The molecule has 5 heteroatoms. The summed E-state index contributed by atoms with van der Waals surface area (Å²) < 4.78 is 6.69. The van der Waals surface area contributed by atoms with E-state index in [1.807, 2.05) is 31.2 Å². The summed E-state index contributed by atoms with van der Waals surface area (Å²) in [7, 11) is 1.68. The lowest BCUT2D eigenvalue weighted by Gasteiger charge is -2.08. The SMILES string of the molecule is CCn1ccnc(NCc2ccc(COC)cc2)c1=O. The largest absolute Gasteiger partial charge is 0.380 e. The quantitative estimate of drug-likeness (QED) is 0.875. The molecule has 0 unspecified atom stereocenters. The fourth-order valence-corrected chi connectivity index (χ4v) is 1.92. The van der Waals surface area contributed by atoms with Gasteiger partial charge in [0.1, 0.15) is 0 Å². The molecule has 1 aromatic carbocycles. The number of nitrogens with zero attached hydrogens (tertiary/aromatic N) is 2. The number of hydrogen-bond acceptors (Lipinski definition) is 4. The summed E-state index contributed by atoms with van der Waals surface area (Å²) in [5.41, 5.74) is 2.13. The summed E-state index contributed by atoms with van der Waals surface area (Å²) in [6.45, 7) is 3.75. The second kappa shape index (κ2) is 6.86. The van der Waals surface area contributed by atoms with Gasteiger partial charge in [-0.1, -0.05) is 24.3 Å². The number of benzene rings is 1. The van der Waals surface area contributed by atoms with Crippen molar-refractivity contribution in [3.63, 3.8) is 0 Å². The van der Waals surface area contributed by atoms with Crippen LogP contribution in [0.4, 0.5) is 5.82 Å². The maximum Gasteiger partial charge on any atom is 0.293 e. The minimum absolute atomic E-state index is 0.0917. The number of anilines is 1. The highest BCUT2D eigenvalue weighted by Crippen LogP contribution is 2.07. The Balaban J connectivity index is 2.03. The van der Waals surface area contributed by atoms with Crippen LogP contribution in [0.1, 0.15) is 18.1 Å². The monoisotopic (exact) mass is 273 g/mol. The van der Waals surface area contributed by atoms with Gasteiger partial charge >= 0.3 is 0 Å². The van der Waals surface area contributed by atoms with Crippen molar-refractivity contribution in [3.8, 4) is 0 Å². The van der Waals surface area contributed by atoms with Gasteiger partial charge in [-0.15, -0.1) is 0 Å². The van der Waals surface area contributed by atoms with E-state index in [4.69, 9.17) is 4.74 Å². The lowest BCUT2D eigenvalue weighted by Crippen LogP contribution is -2.23. The van der Waals surface area contributed by atoms with E-state index in [0.29, 0.717) is 25.5 Å². The molecule has 2 rings (SSSR count). The maximum absolute atomic E-state index is 12.0. The Morgan fingerprint density at radius 1 is 1.25 bits per heavy atom. The van der Waals surface area contributed by atoms with Crippen LogP contribution in [0, 0.1) is 0 Å². The summed E-state index contributed by atoms with van der Waals surface area (Å²) in [6.07, 6.45) is 3.32. The number of aryl methyl sites for hydroxylation is 1. The molecule has 1 heterocycles. The Labute approximate surface area is 118 Å². The lowest BCUT2D eigenvalue weighted by atomic mass is 10.1. The van der Waals surface area contributed by atoms with Crippen molar-refractivity contribution < 1.29 is 4.74 Å². The van der Waals surface area contributed by atoms with Crippen LogP contribution in [0.3, 0.4) is 0 Å². The molecule has 0 spiro atoms. The smallest absolute Gasteiger partial charge is 0.293 e. The van der Waals surface area contributed by atoms with Gasteiger partial charge in [0.2, 0.25) is 0 Å². The predicted octanol–water partition coefficient (Wildman–Crippen LogP) is 2.02. The first-order valence-corrected chi connectivity index (χ1v) is 6.60. The minimum atomic E-state index is -0.0917. The average molecular weight is 273 g/mol. The summed E-state index contributed by atoms with van der Waals surface area (Å²) in [5, 5.41) is 3.08. The molecule has 2 aromatic rings. The second-order valence-corrected chi connectivity index (χ2v) is 4.47. The van der Waals surface area contributed by atoms with Gasteiger partial charge in [0.15, 0.2) is 5.82 Å². The highest BCUT2D eigenvalue weighted by atomic mass is 16.5. The van der Waals surface area contributed by atoms with E-state index in [1.54, 1.807) is 24.1 Å². The molecule has 0 bridgehead atoms. The third-order valence-electron chi connectivity index (χ3n) is 3.05. The molecule has 0 radical (unpaired) electrons. The normalized spacial score (nSPS) is 10.5. The summed E-state index contributed by atoms with van der Waals surface area (Å²) in [4.78, 5) is 16.1. The van der Waals surface area contributed by atoms with Gasteiger partial charge in [0.05, 0.1) is 6.61 Å². The van der Waals surface area contributed by atoms with Crippen LogP contribution < -0.4 is 10.9 Å². The van der Waals surface area contributed by atoms with E-state index < -0.39 is 0 Å². The van der Waals surface area contributed by atoms with Crippen LogP contribution in [0.2, 0.25) is 0 Å². The van der Waals surface area contributed by atoms with Crippen LogP contribution >= 0.6 is 0 Å². The highest BCUT2D eigenvalue weighted by molar-refractivity contribution is 5.33. The number of hydrogen-bond donors (Lipinski definition) is 1. The van der Waals surface area contributed by atoms with Crippen molar-refractivity contribution in [3.05, 3.63) is 58.1 Å². The van der Waals surface area contributed by atoms with Gasteiger partial charge in [-0.25, -0.2) is 4.98 Å². The second-order valence-electron chi connectivity index (χ2n) is 4.47. The molecule has 5 nitrogen and oxygen atoms in total. The third kappa shape index (κ3) is 3.45. The Hall–Kier alpha value is -2.14. The van der Waals surface area contributed by atoms with E-state index >= 15 is 0 Å². The third-order valence-corrected chi connectivity index (χ3v) is 3.05. The zero-order valence-electron chi connectivity index (χ0n) is 11.8. The minimum Gasteiger partial charge on any atom is -0.380 e. The molecule has 0 atom stereocenters. The van der Waals surface area contributed by atoms with Crippen LogP contribution in [-0.2, 0) is 24.4 Å². The molecule has 0 aliphatic heterocycles. The van der Waals surface area contributed by atoms with E-state index in [2.05, 4.69) is 10.3 Å². The molecule has 0 amide bonds. The molecule has 0 fully saturated rings. The highest BCUT2D eigenvalue weighted by Gasteiger charge is 2.03. The van der Waals surface area contributed by atoms with E-state index in [-0.39, 0.29) is 5.56 Å². The Morgan fingerprint density at radius 2 is 1.95 bits per heavy atom. The fraction of sp³-hybridized carbons (Fsp3) is 0.333. The number of nitrogens with one attached hydrogen (secondary N) is 1. The molecule has 0 aliphatic carbocycles. The van der Waals surface area contributed by atoms with Crippen molar-refractivity contribution in [1.82, 2.24) is 9.55 Å². The molecular weight excluding hydrogens is 254 g/mol. The standard InChI is InChI=1S/C15H19N3O2/c1-3-18-9-8-16-14(15(18)19)17-10-12-4-6-13(7-5-12)11-20-2/h4-9H,3,10-11H2,1-2H3,(H,16,17). The van der Waals surface area contributed by atoms with E-state index in [1.165, 1.54) is 0 Å². The molecule has 0 saturated heterocycles. The first-order valence-electron chi connectivity index (χ1n) is 6.60. The van der Waals surface area contributed by atoms with Crippen molar-refractivity contribution in [2.45, 2.75) is 26.6 Å². The fourth-order valence-electron chi connectivity index (χ4n) is 1.92. The molecule has 1 N–H and O–H groups in total. The molecular formula is C15H19N3O2. The average Bonchev–Trinajstić information content (AvgIpc) is 2.48. The van der Waals surface area contributed by atoms with Crippen LogP contribution in [0.5, 0.6) is 0 Å². The molecule has 0 saturated carbocycles. The van der Waals surface area contributed by atoms with Crippen LogP contribution in [0.15, 0.2) is 41.5 Å². The van der Waals surface area contributed by atoms with Crippen molar-refractivity contribution in [2.24, 2.45) is 0 Å². The van der Waals surface area contributed by atoms with Crippen LogP contribution in [-0.4, -0.2) is 16.7 Å². The summed E-state index contributed by atoms with van der Waals surface area (Å²) >= 11 is 0. The van der Waals surface area contributed by atoms with Gasteiger partial charge < -0.3 is 14.6 Å². The molecule has 106 valence electrons. The molecule has 20 heavy (non-hydrogen) atoms. The number of aromatic nitrogens is 2. The number of ether oxygens (including phenoxy) is 1. The lowest BCUT2D eigenvalue weighted by molar-refractivity contribution is 0.185. The zero-order valence-corrected chi connectivity index (χ0v) is 11.8. The first-order chi connectivity index (χ1) is 9.74. The van der Waals surface area contributed by atoms with Gasteiger partial charge in [0, 0.05) is 32.6 Å². The number of methoxy groups -OCH3 is 1. The summed E-state index contributed by atoms with van der Waals surface area (Å²) in [6, 6.07) is 8.07. The van der Waals surface area contributed by atoms with Gasteiger partial charge in [-0.3, -0.25) is 4.79 Å². The Morgan fingerprint density at radius 3 is 2.60 bits per heavy atom. The van der Waals surface area contributed by atoms with Gasteiger partial charge in [-0.05, 0) is 18.1 Å². The van der Waals surface area contributed by atoms with Crippen molar-refractivity contribution in [1.29, 1.82) is 0 Å². The van der Waals surface area contributed by atoms with Crippen molar-refractivity contribution >= 4 is 5.82 Å². The van der Waals surface area contributed by atoms with Crippen molar-refractivity contribution in [2.75, 3.05) is 12.4 Å². The summed E-state index contributed by atoms with van der Waals surface area (Å²) in [5.74, 6) is 0.385. The Kier molecular flexibility index (Phi) is 4.90. The zero-order chi connectivity index (χ0) is 14.4. The van der Waals surface area contributed by atoms with Gasteiger partial charge in [-0.2, -0.15) is 0 Å². The van der Waals surface area contributed by atoms with Crippen LogP contribution in [0.25, 0.3) is 0 Å². The van der Waals surface area contributed by atoms with Gasteiger partial charge in [0.25, 0.3) is 5.56 Å². The number of rotatable bonds is 6. The van der Waals surface area contributed by atoms with E-state index in [9.17, 15) is 4.79 Å². The predicted molar refractivity (Wildman–Crippen MR) is 78.7 cm³/mol. The first kappa shape index (κ1) is 14.3. The Bertz CT molecular complexity index is 605. The topological polar surface area (TPSA) is 56.1 Å². The maximum atomic E-state index is 12.0. The molecule has 1 aromatic heterocycles. The van der Waals surface area contributed by atoms with E-state index in [0.717, 1.165) is 11.1 Å². The molecule has 0 aliphatic rings.